The molecule has 1 aromatic rings. The van der Waals surface area contributed by atoms with Crippen molar-refractivity contribution >= 4 is 18.2 Å². The molecule has 0 aliphatic rings. The van der Waals surface area contributed by atoms with E-state index in [1.54, 1.807) is 38.2 Å². The molecule has 0 heterocycles. The number of nitrogens with one attached hydrogen (secondary N) is 1. The Kier molecular flexibility index (Phi) is 5.13. The number of rotatable bonds is 5. The summed E-state index contributed by atoms with van der Waals surface area (Å²) in [5.41, 5.74) is 0.553. The van der Waals surface area contributed by atoms with Crippen LogP contribution < -0.4 is 10.1 Å². The zero-order valence-corrected chi connectivity index (χ0v) is 10.5. The average molecular weight is 252 g/mol. The number of hydrogen-bond donors (Lipinski definition) is 1. The van der Waals surface area contributed by atoms with Gasteiger partial charge in [0.15, 0.2) is 0 Å². The van der Waals surface area contributed by atoms with Gasteiger partial charge in [-0.05, 0) is 19.1 Å². The predicted octanol–water partition coefficient (Wildman–Crippen LogP) is 1.68. The third-order valence-electron chi connectivity index (χ3n) is 2.44. The highest BCUT2D eigenvalue weighted by Crippen LogP contribution is 2.17. The van der Waals surface area contributed by atoms with E-state index in [1.807, 2.05) is 0 Å². The molecule has 1 unspecified atom stereocenters. The normalized spacial score (nSPS) is 11.5. The van der Waals surface area contributed by atoms with Crippen LogP contribution in [0, 0.1) is 0 Å². The minimum atomic E-state index is -0.535. The minimum absolute atomic E-state index is 0.349. The Morgan fingerprint density at radius 2 is 2.22 bits per heavy atom. The molecule has 1 aromatic carbocycles. The molecule has 0 aliphatic heterocycles. The van der Waals surface area contributed by atoms with Crippen LogP contribution in [-0.4, -0.2) is 37.8 Å². The van der Waals surface area contributed by atoms with E-state index >= 15 is 0 Å². The maximum Gasteiger partial charge on any atom is 0.417 e. The summed E-state index contributed by atoms with van der Waals surface area (Å²) in [5.74, 6) is 0.349. The van der Waals surface area contributed by atoms with Crippen LogP contribution in [0.4, 0.5) is 10.5 Å². The lowest BCUT2D eigenvalue weighted by Crippen LogP contribution is -2.38. The summed E-state index contributed by atoms with van der Waals surface area (Å²) in [7, 11) is 3.08. The number of ether oxygens (including phenoxy) is 2. The second-order valence-electron chi connectivity index (χ2n) is 3.60. The zero-order valence-electron chi connectivity index (χ0n) is 10.5. The Balaban J connectivity index is 2.69. The first-order valence-corrected chi connectivity index (χ1v) is 5.36. The maximum atomic E-state index is 11.7. The number of methoxy groups -OCH3 is 1. The van der Waals surface area contributed by atoms with Crippen LogP contribution >= 0.6 is 0 Å². The Bertz CT molecular complexity index is 422. The van der Waals surface area contributed by atoms with Crippen molar-refractivity contribution in [2.45, 2.75) is 13.2 Å². The first-order chi connectivity index (χ1) is 8.58. The van der Waals surface area contributed by atoms with Crippen LogP contribution in [0.5, 0.6) is 5.75 Å². The van der Waals surface area contributed by atoms with Gasteiger partial charge in [0.05, 0.1) is 0 Å². The number of carbonyl (C=O) groups is 2. The van der Waals surface area contributed by atoms with Gasteiger partial charge in [0, 0.05) is 25.9 Å². The molecule has 0 radical (unpaired) electrons. The fraction of sp³-hybridized carbons (Fsp3) is 0.333. The Morgan fingerprint density at radius 1 is 1.50 bits per heavy atom. The summed E-state index contributed by atoms with van der Waals surface area (Å²) >= 11 is 0. The molecule has 0 spiro atoms. The van der Waals surface area contributed by atoms with Crippen molar-refractivity contribution in [2.24, 2.45) is 0 Å². The molecule has 2 amide bonds. The molecule has 0 bridgehead atoms. The summed E-state index contributed by atoms with van der Waals surface area (Å²) < 4.78 is 10.1. The molecular formula is C12H16N2O4. The molecule has 1 N–H and O–H groups in total. The van der Waals surface area contributed by atoms with Gasteiger partial charge in [0.2, 0.25) is 6.41 Å². The smallest absolute Gasteiger partial charge is 0.410 e. The van der Waals surface area contributed by atoms with Crippen LogP contribution in [-0.2, 0) is 9.53 Å². The fourth-order valence-corrected chi connectivity index (χ4v) is 1.20. The van der Waals surface area contributed by atoms with E-state index in [2.05, 4.69) is 5.32 Å². The van der Waals surface area contributed by atoms with Gasteiger partial charge in [-0.25, -0.2) is 4.79 Å². The lowest BCUT2D eigenvalue weighted by atomic mass is 10.3. The van der Waals surface area contributed by atoms with E-state index in [1.165, 1.54) is 12.0 Å². The molecule has 1 rings (SSSR count). The molecule has 0 aliphatic carbocycles. The SMILES string of the molecule is COC(C)N(C)C(=O)Oc1cccc(NC=O)c1. The highest BCUT2D eigenvalue weighted by Gasteiger charge is 2.17. The molecule has 6 nitrogen and oxygen atoms in total. The highest BCUT2D eigenvalue weighted by molar-refractivity contribution is 5.74. The number of anilines is 1. The van der Waals surface area contributed by atoms with Gasteiger partial charge in [-0.1, -0.05) is 6.07 Å². The van der Waals surface area contributed by atoms with E-state index in [0.29, 0.717) is 17.8 Å². The Hall–Kier alpha value is -2.08. The van der Waals surface area contributed by atoms with Crippen LogP contribution in [0.1, 0.15) is 6.92 Å². The van der Waals surface area contributed by atoms with Gasteiger partial charge < -0.3 is 14.8 Å². The number of carbonyl (C=O) groups excluding carboxylic acids is 2. The van der Waals surface area contributed by atoms with Gasteiger partial charge in [-0.15, -0.1) is 0 Å². The average Bonchev–Trinajstić information content (AvgIpc) is 2.37. The molecule has 18 heavy (non-hydrogen) atoms. The number of nitrogens with zero attached hydrogens (tertiary/aromatic N) is 1. The van der Waals surface area contributed by atoms with Crippen molar-refractivity contribution in [1.29, 1.82) is 0 Å². The summed E-state index contributed by atoms with van der Waals surface area (Å²) in [6.07, 6.45) is -0.360. The van der Waals surface area contributed by atoms with Crippen molar-refractivity contribution in [3.63, 3.8) is 0 Å². The van der Waals surface area contributed by atoms with E-state index in [-0.39, 0.29) is 6.23 Å². The Morgan fingerprint density at radius 3 is 2.83 bits per heavy atom. The largest absolute Gasteiger partial charge is 0.417 e. The lowest BCUT2D eigenvalue weighted by Gasteiger charge is -2.22. The molecule has 1 atom stereocenters. The zero-order chi connectivity index (χ0) is 13.5. The van der Waals surface area contributed by atoms with Gasteiger partial charge in [0.25, 0.3) is 0 Å². The topological polar surface area (TPSA) is 67.9 Å². The number of hydrogen-bond acceptors (Lipinski definition) is 4. The monoisotopic (exact) mass is 252 g/mol. The van der Waals surface area contributed by atoms with Crippen molar-refractivity contribution in [3.05, 3.63) is 24.3 Å². The van der Waals surface area contributed by atoms with E-state index < -0.39 is 6.09 Å². The van der Waals surface area contributed by atoms with Crippen molar-refractivity contribution < 1.29 is 19.1 Å². The van der Waals surface area contributed by atoms with E-state index in [9.17, 15) is 9.59 Å². The fourth-order valence-electron chi connectivity index (χ4n) is 1.20. The maximum absolute atomic E-state index is 11.7. The van der Waals surface area contributed by atoms with Crippen LogP contribution in [0.2, 0.25) is 0 Å². The lowest BCUT2D eigenvalue weighted by molar-refractivity contribution is -0.105. The highest BCUT2D eigenvalue weighted by atomic mass is 16.6. The predicted molar refractivity (Wildman–Crippen MR) is 66.4 cm³/mol. The Labute approximate surface area is 105 Å². The first-order valence-electron chi connectivity index (χ1n) is 5.36. The van der Waals surface area contributed by atoms with Gasteiger partial charge >= 0.3 is 6.09 Å². The first kappa shape index (κ1) is 14.0. The van der Waals surface area contributed by atoms with Gasteiger partial charge in [-0.2, -0.15) is 0 Å². The van der Waals surface area contributed by atoms with Crippen LogP contribution in [0.15, 0.2) is 24.3 Å². The summed E-state index contributed by atoms with van der Waals surface area (Å²) in [5, 5.41) is 2.47. The quantitative estimate of drug-likeness (QED) is 0.639. The van der Waals surface area contributed by atoms with Crippen molar-refractivity contribution in [1.82, 2.24) is 4.90 Å². The standard InChI is InChI=1S/C12H16N2O4/c1-9(17-3)14(2)12(16)18-11-6-4-5-10(7-11)13-8-15/h4-9H,1-3H3,(H,13,15). The number of benzene rings is 1. The molecule has 6 heteroatoms. The second kappa shape index (κ2) is 6.61. The second-order valence-corrected chi connectivity index (χ2v) is 3.60. The van der Waals surface area contributed by atoms with Gasteiger partial charge in [-0.3, -0.25) is 9.69 Å². The van der Waals surface area contributed by atoms with Gasteiger partial charge in [0.1, 0.15) is 12.0 Å². The summed E-state index contributed by atoms with van der Waals surface area (Å²) in [6.45, 7) is 1.73. The third-order valence-corrected chi connectivity index (χ3v) is 2.44. The van der Waals surface area contributed by atoms with E-state index in [0.717, 1.165) is 0 Å². The molecule has 0 saturated heterocycles. The third kappa shape index (κ3) is 3.74. The molecule has 98 valence electrons. The number of amides is 2. The summed E-state index contributed by atoms with van der Waals surface area (Å²) in [4.78, 5) is 23.3. The molecule has 0 aromatic heterocycles. The molecule has 0 saturated carbocycles. The van der Waals surface area contributed by atoms with E-state index in [4.69, 9.17) is 9.47 Å². The summed E-state index contributed by atoms with van der Waals surface area (Å²) in [6, 6.07) is 6.54. The van der Waals surface area contributed by atoms with Crippen molar-refractivity contribution in [2.75, 3.05) is 19.5 Å². The van der Waals surface area contributed by atoms with Crippen molar-refractivity contribution in [3.8, 4) is 5.75 Å². The van der Waals surface area contributed by atoms with Crippen LogP contribution in [0.3, 0.4) is 0 Å². The molecule has 0 fully saturated rings. The molecular weight excluding hydrogens is 236 g/mol. The van der Waals surface area contributed by atoms with Crippen LogP contribution in [0.25, 0.3) is 0 Å². The minimum Gasteiger partial charge on any atom is -0.410 e.